The Hall–Kier alpha value is -4.20. The van der Waals surface area contributed by atoms with Crippen molar-refractivity contribution in [2.75, 3.05) is 13.1 Å². The van der Waals surface area contributed by atoms with Gasteiger partial charge >= 0.3 is 0 Å². The third-order valence-electron chi connectivity index (χ3n) is 6.73. The van der Waals surface area contributed by atoms with Crippen LogP contribution < -0.4 is 20.8 Å². The molecule has 0 bridgehead atoms. The van der Waals surface area contributed by atoms with Crippen LogP contribution in [0.25, 0.3) is 0 Å². The predicted octanol–water partition coefficient (Wildman–Crippen LogP) is -1.89. The van der Waals surface area contributed by atoms with Gasteiger partial charge in [-0.15, -0.1) is 11.3 Å². The van der Waals surface area contributed by atoms with E-state index in [1.54, 1.807) is 17.5 Å². The molecule has 2 N–H and O–H groups in total. The van der Waals surface area contributed by atoms with E-state index < -0.39 is 53.8 Å². The Bertz CT molecular complexity index is 1140. The minimum absolute atomic E-state index is 0.00367. The van der Waals surface area contributed by atoms with Crippen molar-refractivity contribution in [3.63, 3.8) is 0 Å². The van der Waals surface area contributed by atoms with Crippen LogP contribution in [0.1, 0.15) is 52.3 Å². The Morgan fingerprint density at radius 3 is 1.87 bits per heavy atom. The van der Waals surface area contributed by atoms with Crippen LogP contribution in [0, 0.1) is 0 Å². The predicted molar refractivity (Wildman–Crippen MR) is 130 cm³/mol. The molecular formula is C25H26N4O9S-2. The molecule has 2 aliphatic rings. The first-order valence-electron chi connectivity index (χ1n) is 12.3. The second-order valence-corrected chi connectivity index (χ2v) is 10.3. The SMILES string of the molecule is O=C(N[C@H]1C[C@@H](C(=O)[O-])N(C(=O)CCCC(=O)N2C[C@@H](NC(=O)c3cccs3)C[C@H]2C(=O)[O-])C1)c1ccco1. The molecule has 2 aromatic heterocycles. The lowest BCUT2D eigenvalue weighted by atomic mass is 10.1. The van der Waals surface area contributed by atoms with E-state index in [1.165, 1.54) is 29.7 Å². The fraction of sp³-hybridized carbons (Fsp3) is 0.440. The van der Waals surface area contributed by atoms with Gasteiger partial charge in [0, 0.05) is 38.0 Å². The summed E-state index contributed by atoms with van der Waals surface area (Å²) in [6.45, 7) is -0.0686. The van der Waals surface area contributed by atoms with Crippen molar-refractivity contribution in [2.24, 2.45) is 0 Å². The van der Waals surface area contributed by atoms with Gasteiger partial charge in [0.1, 0.15) is 0 Å². The lowest BCUT2D eigenvalue weighted by Crippen LogP contribution is -2.47. The molecule has 4 amide bonds. The van der Waals surface area contributed by atoms with Crippen LogP contribution in [0.15, 0.2) is 40.3 Å². The Morgan fingerprint density at radius 1 is 0.846 bits per heavy atom. The molecule has 39 heavy (non-hydrogen) atoms. The standard InChI is InChI=1S/C25H28N4O9S/c30-20(28-12-14(10-16(28)24(34)35)26-22(32)18-4-2-8-38-18)6-1-7-21(31)29-13-15(11-17(29)25(36)37)27-23(33)19-5-3-9-39-19/h2-5,8-9,14-17H,1,6-7,10-13H2,(H,26,32)(H,27,33)(H,34,35)(H,36,37)/p-2/t14-,15-,16-,17-/m0/s1. The van der Waals surface area contributed by atoms with Crippen LogP contribution in [0.3, 0.4) is 0 Å². The highest BCUT2D eigenvalue weighted by Gasteiger charge is 2.38. The molecule has 13 nitrogen and oxygen atoms in total. The van der Waals surface area contributed by atoms with Crippen LogP contribution in [0.4, 0.5) is 0 Å². The number of carboxylic acid groups (broad SMARTS) is 2. The molecule has 0 saturated carbocycles. The van der Waals surface area contributed by atoms with Gasteiger partial charge in [0.25, 0.3) is 11.8 Å². The number of nitrogens with zero attached hydrogens (tertiary/aromatic N) is 2. The number of amides is 4. The fourth-order valence-electron chi connectivity index (χ4n) is 4.89. The van der Waals surface area contributed by atoms with E-state index in [9.17, 15) is 39.0 Å². The number of nitrogens with one attached hydrogen (secondary N) is 2. The topological polar surface area (TPSA) is 192 Å². The second-order valence-electron chi connectivity index (χ2n) is 9.38. The maximum atomic E-state index is 12.8. The van der Waals surface area contributed by atoms with E-state index in [0.717, 1.165) is 9.80 Å². The average molecular weight is 559 g/mol. The Morgan fingerprint density at radius 2 is 1.41 bits per heavy atom. The van der Waals surface area contributed by atoms with Gasteiger partial charge in [-0.1, -0.05) is 6.07 Å². The fourth-order valence-corrected chi connectivity index (χ4v) is 5.51. The Balaban J connectivity index is 1.28. The molecule has 0 aliphatic carbocycles. The van der Waals surface area contributed by atoms with Gasteiger partial charge in [-0.3, -0.25) is 19.2 Å². The van der Waals surface area contributed by atoms with Gasteiger partial charge in [0.15, 0.2) is 5.76 Å². The number of carbonyl (C=O) groups excluding carboxylic acids is 6. The lowest BCUT2D eigenvalue weighted by molar-refractivity contribution is -0.311. The van der Waals surface area contributed by atoms with Crippen molar-refractivity contribution in [3.05, 3.63) is 46.5 Å². The van der Waals surface area contributed by atoms with E-state index >= 15 is 0 Å². The zero-order valence-electron chi connectivity index (χ0n) is 20.7. The molecule has 2 saturated heterocycles. The Labute approximate surface area is 226 Å². The maximum absolute atomic E-state index is 12.8. The molecule has 4 rings (SSSR count). The molecule has 4 heterocycles. The highest BCUT2D eigenvalue weighted by Crippen LogP contribution is 2.23. The first-order chi connectivity index (χ1) is 18.6. The summed E-state index contributed by atoms with van der Waals surface area (Å²) in [5.74, 6) is -4.81. The number of hydrogen-bond acceptors (Lipinski definition) is 10. The van der Waals surface area contributed by atoms with Crippen LogP contribution in [0.5, 0.6) is 0 Å². The van der Waals surface area contributed by atoms with E-state index in [1.807, 2.05) is 0 Å². The third-order valence-corrected chi connectivity index (χ3v) is 7.60. The second kappa shape index (κ2) is 12.1. The average Bonchev–Trinajstić information content (AvgIpc) is 3.69. The molecule has 2 aromatic rings. The summed E-state index contributed by atoms with van der Waals surface area (Å²) in [5.41, 5.74) is 0. The van der Waals surface area contributed by atoms with Crippen LogP contribution >= 0.6 is 11.3 Å². The van der Waals surface area contributed by atoms with Crippen LogP contribution in [0.2, 0.25) is 0 Å². The highest BCUT2D eigenvalue weighted by molar-refractivity contribution is 7.12. The number of hydrogen-bond donors (Lipinski definition) is 2. The minimum atomic E-state index is -1.46. The molecule has 208 valence electrons. The van der Waals surface area contributed by atoms with Crippen molar-refractivity contribution in [3.8, 4) is 0 Å². The van der Waals surface area contributed by atoms with E-state index in [4.69, 9.17) is 4.42 Å². The van der Waals surface area contributed by atoms with Gasteiger partial charge < -0.3 is 44.7 Å². The van der Waals surface area contributed by atoms with Gasteiger partial charge in [0.2, 0.25) is 11.8 Å². The number of thiophene rings is 1. The monoisotopic (exact) mass is 558 g/mol. The molecule has 2 aliphatic heterocycles. The zero-order valence-corrected chi connectivity index (χ0v) is 21.5. The molecule has 2 fully saturated rings. The lowest BCUT2D eigenvalue weighted by Gasteiger charge is -2.26. The largest absolute Gasteiger partial charge is 0.548 e. The summed E-state index contributed by atoms with van der Waals surface area (Å²) in [4.78, 5) is 76.1. The van der Waals surface area contributed by atoms with Crippen molar-refractivity contribution < 1.29 is 43.4 Å². The van der Waals surface area contributed by atoms with Crippen molar-refractivity contribution in [1.82, 2.24) is 20.4 Å². The number of likely N-dealkylation sites (tertiary alicyclic amines) is 2. The summed E-state index contributed by atoms with van der Waals surface area (Å²) in [7, 11) is 0. The van der Waals surface area contributed by atoms with Gasteiger partial charge in [0.05, 0.1) is 35.2 Å². The van der Waals surface area contributed by atoms with E-state index in [2.05, 4.69) is 10.6 Å². The van der Waals surface area contributed by atoms with Crippen LogP contribution in [-0.4, -0.2) is 82.6 Å². The first-order valence-corrected chi connectivity index (χ1v) is 13.2. The summed E-state index contributed by atoms with van der Waals surface area (Å²) in [6.07, 6.45) is 0.985. The summed E-state index contributed by atoms with van der Waals surface area (Å²) >= 11 is 1.23. The quantitative estimate of drug-likeness (QED) is 0.335. The molecule has 0 radical (unpaired) electrons. The smallest absolute Gasteiger partial charge is 0.287 e. The van der Waals surface area contributed by atoms with Crippen LogP contribution in [-0.2, 0) is 19.2 Å². The van der Waals surface area contributed by atoms with E-state index in [-0.39, 0.29) is 56.9 Å². The third kappa shape index (κ3) is 6.63. The summed E-state index contributed by atoms with van der Waals surface area (Å²) in [5, 5.41) is 30.4. The number of carboxylic acids is 2. The highest BCUT2D eigenvalue weighted by atomic mass is 32.1. The first kappa shape index (κ1) is 27.8. The molecule has 14 heteroatoms. The molecule has 0 unspecified atom stereocenters. The van der Waals surface area contributed by atoms with Crippen molar-refractivity contribution >= 4 is 46.9 Å². The number of carbonyl (C=O) groups is 6. The van der Waals surface area contributed by atoms with E-state index in [0.29, 0.717) is 4.88 Å². The van der Waals surface area contributed by atoms with Gasteiger partial charge in [-0.05, 0) is 42.8 Å². The number of aliphatic carboxylic acids is 2. The molecule has 0 spiro atoms. The molecular weight excluding hydrogens is 532 g/mol. The van der Waals surface area contributed by atoms with Crippen molar-refractivity contribution in [1.29, 1.82) is 0 Å². The minimum Gasteiger partial charge on any atom is -0.548 e. The maximum Gasteiger partial charge on any atom is 0.287 e. The molecule has 0 aromatic carbocycles. The van der Waals surface area contributed by atoms with Gasteiger partial charge in [-0.25, -0.2) is 0 Å². The Kier molecular flexibility index (Phi) is 8.64. The summed E-state index contributed by atoms with van der Waals surface area (Å²) < 4.78 is 5.02. The van der Waals surface area contributed by atoms with Crippen molar-refractivity contribution in [2.45, 2.75) is 56.3 Å². The zero-order chi connectivity index (χ0) is 28.1. The van der Waals surface area contributed by atoms with Gasteiger partial charge in [-0.2, -0.15) is 0 Å². The number of furan rings is 1. The number of rotatable bonds is 10. The summed E-state index contributed by atoms with van der Waals surface area (Å²) in [6, 6.07) is 2.65. The molecule has 4 atom stereocenters. The normalized spacial score (nSPS) is 22.5.